The van der Waals surface area contributed by atoms with Gasteiger partial charge in [-0.3, -0.25) is 4.79 Å². The maximum Gasteiger partial charge on any atom is 0.304 e. The van der Waals surface area contributed by atoms with E-state index in [0.717, 1.165) is 12.3 Å². The molecule has 3 nitrogen and oxygen atoms in total. The summed E-state index contributed by atoms with van der Waals surface area (Å²) in [4.78, 5) is 13.7. The average molecular weight is 253 g/mol. The molecule has 0 radical (unpaired) electrons. The number of aryl methyl sites for hydroxylation is 1. The van der Waals surface area contributed by atoms with Crippen molar-refractivity contribution >= 4 is 17.7 Å². The Balaban J connectivity index is 2.18. The fourth-order valence-electron chi connectivity index (χ4n) is 1.35. The Bertz CT molecular complexity index is 351. The van der Waals surface area contributed by atoms with Gasteiger partial charge in [-0.2, -0.15) is 0 Å². The number of carbonyl (C=O) groups is 1. The molecule has 1 aromatic carbocycles. The van der Waals surface area contributed by atoms with Crippen LogP contribution in [-0.4, -0.2) is 41.9 Å². The maximum absolute atomic E-state index is 10.4. The van der Waals surface area contributed by atoms with Crippen LogP contribution in [0.15, 0.2) is 29.2 Å². The highest BCUT2D eigenvalue weighted by Crippen LogP contribution is 2.17. The van der Waals surface area contributed by atoms with Gasteiger partial charge >= 0.3 is 5.97 Å². The van der Waals surface area contributed by atoms with Crippen LogP contribution in [0.5, 0.6) is 0 Å². The Labute approximate surface area is 107 Å². The molecule has 0 saturated heterocycles. The molecule has 0 heterocycles. The Morgan fingerprint density at radius 3 is 2.53 bits per heavy atom. The second-order valence-corrected chi connectivity index (χ2v) is 5.28. The van der Waals surface area contributed by atoms with E-state index >= 15 is 0 Å². The van der Waals surface area contributed by atoms with E-state index in [1.165, 1.54) is 10.5 Å². The largest absolute Gasteiger partial charge is 0.481 e. The average Bonchev–Trinajstić information content (AvgIpc) is 2.29. The van der Waals surface area contributed by atoms with Crippen LogP contribution >= 0.6 is 11.8 Å². The summed E-state index contributed by atoms with van der Waals surface area (Å²) < 4.78 is 0. The summed E-state index contributed by atoms with van der Waals surface area (Å²) >= 11 is 1.80. The molecule has 1 aromatic rings. The Kier molecular flexibility index (Phi) is 6.08. The molecule has 4 heteroatoms. The lowest BCUT2D eigenvalue weighted by molar-refractivity contribution is -0.137. The fourth-order valence-corrected chi connectivity index (χ4v) is 2.32. The number of benzene rings is 1. The second-order valence-electron chi connectivity index (χ2n) is 4.11. The predicted octanol–water partition coefficient (Wildman–Crippen LogP) is 2.49. The van der Waals surface area contributed by atoms with Crippen LogP contribution in [0.1, 0.15) is 12.0 Å². The first kappa shape index (κ1) is 14.1. The highest BCUT2D eigenvalue weighted by atomic mass is 32.2. The first-order valence-corrected chi connectivity index (χ1v) is 6.66. The minimum atomic E-state index is -0.733. The first-order chi connectivity index (χ1) is 8.08. The summed E-state index contributed by atoms with van der Waals surface area (Å²) in [5, 5.41) is 8.56. The highest BCUT2D eigenvalue weighted by molar-refractivity contribution is 7.99. The van der Waals surface area contributed by atoms with Crippen molar-refractivity contribution in [3.8, 4) is 0 Å². The zero-order valence-corrected chi connectivity index (χ0v) is 11.2. The lowest BCUT2D eigenvalue weighted by Gasteiger charge is -2.14. The van der Waals surface area contributed by atoms with Crippen molar-refractivity contribution in [2.24, 2.45) is 0 Å². The monoisotopic (exact) mass is 253 g/mol. The minimum Gasteiger partial charge on any atom is -0.481 e. The standard InChI is InChI=1S/C13H19NO2S/c1-11-3-5-12(6-4-11)17-10-9-14(2)8-7-13(15)16/h3-6H,7-10H2,1-2H3,(H,15,16). The third kappa shape index (κ3) is 6.34. The van der Waals surface area contributed by atoms with E-state index in [1.54, 1.807) is 11.8 Å². The van der Waals surface area contributed by atoms with Crippen molar-refractivity contribution in [2.45, 2.75) is 18.2 Å². The fraction of sp³-hybridized carbons (Fsp3) is 0.462. The summed E-state index contributed by atoms with van der Waals surface area (Å²) in [6, 6.07) is 8.46. The number of hydrogen-bond donors (Lipinski definition) is 1. The Morgan fingerprint density at radius 2 is 1.94 bits per heavy atom. The third-order valence-corrected chi connectivity index (χ3v) is 3.46. The van der Waals surface area contributed by atoms with Crippen LogP contribution in [0.3, 0.4) is 0 Å². The second kappa shape index (κ2) is 7.35. The van der Waals surface area contributed by atoms with E-state index in [-0.39, 0.29) is 6.42 Å². The van der Waals surface area contributed by atoms with Gasteiger partial charge in [0.1, 0.15) is 0 Å². The van der Waals surface area contributed by atoms with Gasteiger partial charge in [-0.1, -0.05) is 17.7 Å². The molecule has 0 saturated carbocycles. The Hall–Kier alpha value is -1.00. The summed E-state index contributed by atoms with van der Waals surface area (Å²) in [5.74, 6) is 0.252. The highest BCUT2D eigenvalue weighted by Gasteiger charge is 2.02. The lowest BCUT2D eigenvalue weighted by atomic mass is 10.2. The molecule has 1 rings (SSSR count). The molecule has 0 unspecified atom stereocenters. The topological polar surface area (TPSA) is 40.5 Å². The van der Waals surface area contributed by atoms with E-state index in [2.05, 4.69) is 36.1 Å². The van der Waals surface area contributed by atoms with Crippen LogP contribution in [0.2, 0.25) is 0 Å². The quantitative estimate of drug-likeness (QED) is 0.758. The van der Waals surface area contributed by atoms with Crippen molar-refractivity contribution in [2.75, 3.05) is 25.9 Å². The molecule has 0 aliphatic heterocycles. The van der Waals surface area contributed by atoms with Crippen molar-refractivity contribution in [1.82, 2.24) is 4.90 Å². The van der Waals surface area contributed by atoms with Crippen LogP contribution in [0, 0.1) is 6.92 Å². The number of hydrogen-bond acceptors (Lipinski definition) is 3. The molecule has 94 valence electrons. The molecule has 17 heavy (non-hydrogen) atoms. The van der Waals surface area contributed by atoms with E-state index in [0.29, 0.717) is 6.54 Å². The number of rotatable bonds is 7. The van der Waals surface area contributed by atoms with Crippen LogP contribution in [0.25, 0.3) is 0 Å². The van der Waals surface area contributed by atoms with Crippen LogP contribution in [-0.2, 0) is 4.79 Å². The summed E-state index contributed by atoms with van der Waals surface area (Å²) in [6.45, 7) is 3.60. The molecule has 0 amide bonds. The molecule has 0 fully saturated rings. The van der Waals surface area contributed by atoms with Crippen molar-refractivity contribution < 1.29 is 9.90 Å². The number of aliphatic carboxylic acids is 1. The molecular weight excluding hydrogens is 234 g/mol. The first-order valence-electron chi connectivity index (χ1n) is 5.68. The van der Waals surface area contributed by atoms with Crippen molar-refractivity contribution in [1.29, 1.82) is 0 Å². The van der Waals surface area contributed by atoms with E-state index in [1.807, 2.05) is 7.05 Å². The molecular formula is C13H19NO2S. The van der Waals surface area contributed by atoms with Gasteiger partial charge in [0.05, 0.1) is 6.42 Å². The van der Waals surface area contributed by atoms with Gasteiger partial charge in [0.25, 0.3) is 0 Å². The summed E-state index contributed by atoms with van der Waals surface area (Å²) in [6.07, 6.45) is 0.214. The van der Waals surface area contributed by atoms with Crippen molar-refractivity contribution in [3.63, 3.8) is 0 Å². The smallest absolute Gasteiger partial charge is 0.304 e. The van der Waals surface area contributed by atoms with Crippen LogP contribution in [0.4, 0.5) is 0 Å². The zero-order valence-electron chi connectivity index (χ0n) is 10.3. The van der Waals surface area contributed by atoms with Gasteiger partial charge in [-0.15, -0.1) is 11.8 Å². The molecule has 1 N–H and O–H groups in total. The van der Waals surface area contributed by atoms with Gasteiger partial charge < -0.3 is 10.0 Å². The molecule has 0 aliphatic rings. The van der Waals surface area contributed by atoms with E-state index in [4.69, 9.17) is 5.11 Å². The molecule has 0 aliphatic carbocycles. The summed E-state index contributed by atoms with van der Waals surface area (Å²) in [5.41, 5.74) is 1.27. The SMILES string of the molecule is Cc1ccc(SCCN(C)CCC(=O)O)cc1. The van der Waals surface area contributed by atoms with Gasteiger partial charge in [0.15, 0.2) is 0 Å². The molecule has 0 aromatic heterocycles. The van der Waals surface area contributed by atoms with E-state index in [9.17, 15) is 4.79 Å². The summed E-state index contributed by atoms with van der Waals surface area (Å²) in [7, 11) is 1.96. The van der Waals surface area contributed by atoms with Gasteiger partial charge in [0, 0.05) is 23.7 Å². The number of thioether (sulfide) groups is 1. The number of carboxylic acids is 1. The van der Waals surface area contributed by atoms with Gasteiger partial charge in [-0.05, 0) is 26.1 Å². The molecule has 0 bridgehead atoms. The van der Waals surface area contributed by atoms with Crippen LogP contribution < -0.4 is 0 Å². The molecule has 0 spiro atoms. The Morgan fingerprint density at radius 1 is 1.29 bits per heavy atom. The van der Waals surface area contributed by atoms with Crippen molar-refractivity contribution in [3.05, 3.63) is 29.8 Å². The lowest BCUT2D eigenvalue weighted by Crippen LogP contribution is -2.24. The van der Waals surface area contributed by atoms with Gasteiger partial charge in [-0.25, -0.2) is 0 Å². The minimum absolute atomic E-state index is 0.214. The zero-order chi connectivity index (χ0) is 12.7. The predicted molar refractivity (Wildman–Crippen MR) is 71.7 cm³/mol. The third-order valence-electron chi connectivity index (χ3n) is 2.47. The van der Waals surface area contributed by atoms with E-state index < -0.39 is 5.97 Å². The normalized spacial score (nSPS) is 10.8. The number of carboxylic acid groups (broad SMARTS) is 1. The number of nitrogens with zero attached hydrogens (tertiary/aromatic N) is 1. The maximum atomic E-state index is 10.4. The molecule has 0 atom stereocenters. The van der Waals surface area contributed by atoms with Gasteiger partial charge in [0.2, 0.25) is 0 Å².